The molecule has 8 nitrogen and oxygen atoms in total. The molecule has 0 unspecified atom stereocenters. The van der Waals surface area contributed by atoms with Crippen LogP contribution in [0.5, 0.6) is 0 Å². The monoisotopic (exact) mass is 394 g/mol. The van der Waals surface area contributed by atoms with Gasteiger partial charge in [-0.3, -0.25) is 14.4 Å². The van der Waals surface area contributed by atoms with E-state index < -0.39 is 6.10 Å². The van der Waals surface area contributed by atoms with E-state index in [0.717, 1.165) is 12.8 Å². The van der Waals surface area contributed by atoms with E-state index in [-0.39, 0.29) is 36.9 Å². The molecule has 1 saturated carbocycles. The first kappa shape index (κ1) is 23.6. The summed E-state index contributed by atoms with van der Waals surface area (Å²) in [6, 6.07) is 9.77. The lowest BCUT2D eigenvalue weighted by molar-refractivity contribution is -0.127. The van der Waals surface area contributed by atoms with Gasteiger partial charge in [0.25, 0.3) is 6.47 Å². The van der Waals surface area contributed by atoms with Crippen LogP contribution >= 0.6 is 0 Å². The van der Waals surface area contributed by atoms with Crippen LogP contribution in [0.4, 0.5) is 0 Å². The lowest BCUT2D eigenvalue weighted by atomic mass is 10.1. The molecule has 28 heavy (non-hydrogen) atoms. The summed E-state index contributed by atoms with van der Waals surface area (Å²) in [5, 5.41) is 22.6. The smallest absolute Gasteiger partial charge is 0.290 e. The van der Waals surface area contributed by atoms with Gasteiger partial charge >= 0.3 is 0 Å². The maximum atomic E-state index is 12.2. The van der Waals surface area contributed by atoms with Gasteiger partial charge in [-0.2, -0.15) is 0 Å². The van der Waals surface area contributed by atoms with Gasteiger partial charge in [0.2, 0.25) is 11.8 Å². The number of benzene rings is 1. The van der Waals surface area contributed by atoms with E-state index in [1.807, 2.05) is 25.1 Å². The van der Waals surface area contributed by atoms with E-state index in [1.165, 1.54) is 5.56 Å². The van der Waals surface area contributed by atoms with Gasteiger partial charge in [0, 0.05) is 19.1 Å². The highest BCUT2D eigenvalue weighted by atomic mass is 16.5. The molecule has 156 valence electrons. The summed E-state index contributed by atoms with van der Waals surface area (Å²) in [4.78, 5) is 32.3. The fraction of sp³-hybridized carbons (Fsp3) is 0.550. The van der Waals surface area contributed by atoms with Crippen molar-refractivity contribution < 1.29 is 29.3 Å². The number of carbonyl (C=O) groups excluding carboxylic acids is 2. The Labute approximate surface area is 165 Å². The van der Waals surface area contributed by atoms with Crippen molar-refractivity contribution >= 4 is 18.3 Å². The lowest BCUT2D eigenvalue weighted by Gasteiger charge is -2.16. The number of aliphatic hydroxyl groups is 1. The van der Waals surface area contributed by atoms with Crippen molar-refractivity contribution in [3.8, 4) is 0 Å². The molecule has 1 aromatic carbocycles. The molecule has 4 N–H and O–H groups in total. The van der Waals surface area contributed by atoms with Crippen molar-refractivity contribution in [1.29, 1.82) is 0 Å². The van der Waals surface area contributed by atoms with Crippen LogP contribution in [0.15, 0.2) is 30.3 Å². The maximum absolute atomic E-state index is 12.2. The third-order valence-corrected chi connectivity index (χ3v) is 4.47. The predicted octanol–water partition coefficient (Wildman–Crippen LogP) is 0.728. The first-order valence-electron chi connectivity index (χ1n) is 9.46. The number of amides is 2. The molecule has 1 aromatic rings. The zero-order chi connectivity index (χ0) is 20.8. The van der Waals surface area contributed by atoms with Gasteiger partial charge < -0.3 is 25.6 Å². The Bertz CT molecular complexity index is 596. The molecule has 0 radical (unpaired) electrons. The number of carbonyl (C=O) groups is 3. The van der Waals surface area contributed by atoms with E-state index >= 15 is 0 Å². The van der Waals surface area contributed by atoms with Gasteiger partial charge in [-0.15, -0.1) is 0 Å². The number of carboxylic acid groups (broad SMARTS) is 1. The second-order valence-electron chi connectivity index (χ2n) is 6.53. The summed E-state index contributed by atoms with van der Waals surface area (Å²) in [7, 11) is 0. The van der Waals surface area contributed by atoms with Crippen molar-refractivity contribution in [3.05, 3.63) is 35.9 Å². The van der Waals surface area contributed by atoms with Gasteiger partial charge in [-0.1, -0.05) is 30.3 Å². The molecule has 3 atom stereocenters. The van der Waals surface area contributed by atoms with E-state index in [1.54, 1.807) is 0 Å². The average Bonchev–Trinajstić information content (AvgIpc) is 3.05. The summed E-state index contributed by atoms with van der Waals surface area (Å²) >= 11 is 0. The molecule has 0 saturated heterocycles. The first-order chi connectivity index (χ1) is 13.5. The quantitative estimate of drug-likeness (QED) is 0.361. The molecular formula is C20H30N2O6. The highest BCUT2D eigenvalue weighted by Gasteiger charge is 2.37. The number of ether oxygens (including phenoxy) is 1. The SMILES string of the molecule is CCOCC(=O)N[C@H]1C[C@H](C(=O)NCCCc2ccccc2)C[C@@H]1O.O=CO. The van der Waals surface area contributed by atoms with Crippen LogP contribution in [0.3, 0.4) is 0 Å². The van der Waals surface area contributed by atoms with E-state index in [2.05, 4.69) is 22.8 Å². The van der Waals surface area contributed by atoms with E-state index in [4.69, 9.17) is 14.6 Å². The summed E-state index contributed by atoms with van der Waals surface area (Å²) in [6.07, 6.45) is 1.95. The molecule has 0 aliphatic heterocycles. The fourth-order valence-electron chi connectivity index (χ4n) is 3.12. The molecule has 0 heterocycles. The third kappa shape index (κ3) is 8.96. The molecule has 0 aromatic heterocycles. The fourth-order valence-corrected chi connectivity index (χ4v) is 3.12. The minimum Gasteiger partial charge on any atom is -0.483 e. The van der Waals surface area contributed by atoms with Gasteiger partial charge in [-0.05, 0) is 38.2 Å². The molecule has 8 heteroatoms. The van der Waals surface area contributed by atoms with Crippen LogP contribution in [0, 0.1) is 5.92 Å². The normalized spacial score (nSPS) is 20.6. The number of hydrogen-bond donors (Lipinski definition) is 4. The minimum absolute atomic E-state index is 0.0178. The van der Waals surface area contributed by atoms with Crippen molar-refractivity contribution in [2.24, 2.45) is 5.92 Å². The summed E-state index contributed by atoms with van der Waals surface area (Å²) < 4.78 is 5.04. The zero-order valence-corrected chi connectivity index (χ0v) is 16.2. The summed E-state index contributed by atoms with van der Waals surface area (Å²) in [5.41, 5.74) is 1.25. The van der Waals surface area contributed by atoms with Gasteiger partial charge in [0.05, 0.1) is 12.1 Å². The van der Waals surface area contributed by atoms with E-state index in [9.17, 15) is 14.7 Å². The van der Waals surface area contributed by atoms with Crippen molar-refractivity contribution in [2.45, 2.75) is 44.8 Å². The largest absolute Gasteiger partial charge is 0.483 e. The van der Waals surface area contributed by atoms with Crippen molar-refractivity contribution in [1.82, 2.24) is 10.6 Å². The number of aliphatic hydroxyl groups excluding tert-OH is 1. The second kappa shape index (κ2) is 13.7. The lowest BCUT2D eigenvalue weighted by Crippen LogP contribution is -2.41. The molecular weight excluding hydrogens is 364 g/mol. The Morgan fingerprint density at radius 1 is 1.25 bits per heavy atom. The summed E-state index contributed by atoms with van der Waals surface area (Å²) in [5.74, 6) is -0.562. The maximum Gasteiger partial charge on any atom is 0.290 e. The Hall–Kier alpha value is -2.45. The Kier molecular flexibility index (Phi) is 11.5. The number of aryl methyl sites for hydroxylation is 1. The number of nitrogens with one attached hydrogen (secondary N) is 2. The number of rotatable bonds is 9. The summed E-state index contributed by atoms with van der Waals surface area (Å²) in [6.45, 7) is 2.63. The Morgan fingerprint density at radius 3 is 2.57 bits per heavy atom. The molecule has 1 aliphatic carbocycles. The zero-order valence-electron chi connectivity index (χ0n) is 16.2. The van der Waals surface area contributed by atoms with Crippen LogP contribution < -0.4 is 10.6 Å². The second-order valence-corrected chi connectivity index (χ2v) is 6.53. The minimum atomic E-state index is -0.689. The molecule has 1 aliphatic rings. The molecule has 0 bridgehead atoms. The van der Waals surface area contributed by atoms with Crippen LogP contribution in [0.25, 0.3) is 0 Å². The van der Waals surface area contributed by atoms with Crippen LogP contribution in [-0.4, -0.2) is 60.4 Å². The number of hydrogen-bond acceptors (Lipinski definition) is 5. The van der Waals surface area contributed by atoms with Crippen LogP contribution in [0.2, 0.25) is 0 Å². The Morgan fingerprint density at radius 2 is 1.93 bits per heavy atom. The van der Waals surface area contributed by atoms with Crippen molar-refractivity contribution in [3.63, 3.8) is 0 Å². The molecule has 2 amide bonds. The Balaban J connectivity index is 0.00000122. The predicted molar refractivity (Wildman–Crippen MR) is 104 cm³/mol. The highest BCUT2D eigenvalue weighted by molar-refractivity contribution is 5.80. The van der Waals surface area contributed by atoms with E-state index in [0.29, 0.717) is 26.0 Å². The van der Waals surface area contributed by atoms with Crippen molar-refractivity contribution in [2.75, 3.05) is 19.8 Å². The van der Waals surface area contributed by atoms with Gasteiger partial charge in [0.1, 0.15) is 6.61 Å². The molecule has 0 spiro atoms. The highest BCUT2D eigenvalue weighted by Crippen LogP contribution is 2.26. The standard InChI is InChI=1S/C19H28N2O4.CH2O2/c1-2-25-13-18(23)21-16-11-15(12-17(16)22)19(24)20-10-6-9-14-7-4-3-5-8-14;2-1-3/h3-5,7-8,15-17,22H,2,6,9-13H2,1H3,(H,20,24)(H,21,23);1H,(H,2,3)/t15-,16-,17-;/m0./s1. The molecule has 1 fully saturated rings. The average molecular weight is 394 g/mol. The van der Waals surface area contributed by atoms with Crippen LogP contribution in [0.1, 0.15) is 31.7 Å². The van der Waals surface area contributed by atoms with Gasteiger partial charge in [0.15, 0.2) is 0 Å². The first-order valence-corrected chi connectivity index (χ1v) is 9.46. The van der Waals surface area contributed by atoms with Crippen LogP contribution in [-0.2, 0) is 25.5 Å². The van der Waals surface area contributed by atoms with Gasteiger partial charge in [-0.25, -0.2) is 0 Å². The molecule has 2 rings (SSSR count). The topological polar surface area (TPSA) is 125 Å². The third-order valence-electron chi connectivity index (χ3n) is 4.47.